The third-order valence-corrected chi connectivity index (χ3v) is 6.33. The highest BCUT2D eigenvalue weighted by Gasteiger charge is 2.31. The van der Waals surface area contributed by atoms with Crippen molar-refractivity contribution in [3.05, 3.63) is 64.4 Å². The van der Waals surface area contributed by atoms with E-state index in [0.717, 1.165) is 11.1 Å². The van der Waals surface area contributed by atoms with E-state index in [-0.39, 0.29) is 17.1 Å². The minimum absolute atomic E-state index is 0.0748. The van der Waals surface area contributed by atoms with E-state index in [2.05, 4.69) is 39.4 Å². The summed E-state index contributed by atoms with van der Waals surface area (Å²) in [5, 5.41) is 6.30. The number of rotatable bonds is 5. The van der Waals surface area contributed by atoms with Crippen molar-refractivity contribution in [2.24, 2.45) is 0 Å². The maximum Gasteiger partial charge on any atom is 0.251 e. The van der Waals surface area contributed by atoms with Crippen molar-refractivity contribution < 1.29 is 13.2 Å². The number of nitrogens with one attached hydrogen (secondary N) is 2. The molecule has 8 nitrogen and oxygen atoms in total. The van der Waals surface area contributed by atoms with Crippen LogP contribution in [0.3, 0.4) is 0 Å². The normalized spacial score (nSPS) is 15.1. The summed E-state index contributed by atoms with van der Waals surface area (Å²) in [6.45, 7) is 4.69. The van der Waals surface area contributed by atoms with Crippen molar-refractivity contribution in [1.82, 2.24) is 20.3 Å². The van der Waals surface area contributed by atoms with Gasteiger partial charge in [-0.15, -0.1) is 0 Å². The zero-order chi connectivity index (χ0) is 23.1. The van der Waals surface area contributed by atoms with Gasteiger partial charge in [-0.25, -0.2) is 23.4 Å². The van der Waals surface area contributed by atoms with Crippen LogP contribution in [0.2, 0.25) is 5.02 Å². The standard InChI is InChI=1S/C22H22ClN5O3S/c1-22(2)12-26-20(29)15-6-5-14(8-16(15)22)19-17(23)10-25-21(28-19)27-18-7-4-13(9-24-18)11-32(3,30)31/h4-10H,11-12H2,1-3H3,(H,26,29)(H,24,25,27,28). The van der Waals surface area contributed by atoms with Crippen LogP contribution in [0.5, 0.6) is 0 Å². The van der Waals surface area contributed by atoms with Crippen LogP contribution in [0.4, 0.5) is 11.8 Å². The average Bonchev–Trinajstić information content (AvgIpc) is 2.73. The van der Waals surface area contributed by atoms with Crippen molar-refractivity contribution in [2.45, 2.75) is 25.0 Å². The first-order valence-corrected chi connectivity index (χ1v) is 12.3. The van der Waals surface area contributed by atoms with Gasteiger partial charge in [0.2, 0.25) is 5.95 Å². The van der Waals surface area contributed by atoms with E-state index in [0.29, 0.717) is 40.2 Å². The molecule has 0 saturated heterocycles. The van der Waals surface area contributed by atoms with Crippen molar-refractivity contribution in [3.8, 4) is 11.3 Å². The second-order valence-electron chi connectivity index (χ2n) is 8.46. The lowest BCUT2D eigenvalue weighted by Crippen LogP contribution is -2.43. The zero-order valence-electron chi connectivity index (χ0n) is 17.8. The summed E-state index contributed by atoms with van der Waals surface area (Å²) in [6.07, 6.45) is 4.18. The summed E-state index contributed by atoms with van der Waals surface area (Å²) in [5.74, 6) is 0.600. The number of hydrogen-bond acceptors (Lipinski definition) is 7. The first-order valence-electron chi connectivity index (χ1n) is 9.87. The Morgan fingerprint density at radius 3 is 2.62 bits per heavy atom. The smallest absolute Gasteiger partial charge is 0.251 e. The number of nitrogens with zero attached hydrogens (tertiary/aromatic N) is 3. The van der Waals surface area contributed by atoms with E-state index >= 15 is 0 Å². The summed E-state index contributed by atoms with van der Waals surface area (Å²) in [4.78, 5) is 25.2. The average molecular weight is 472 g/mol. The first-order chi connectivity index (χ1) is 15.0. The predicted molar refractivity (Wildman–Crippen MR) is 124 cm³/mol. The Balaban J connectivity index is 1.63. The third-order valence-electron chi connectivity index (χ3n) is 5.20. The van der Waals surface area contributed by atoms with E-state index in [1.165, 1.54) is 18.6 Å². The maximum absolute atomic E-state index is 12.2. The van der Waals surface area contributed by atoms with Crippen molar-refractivity contribution in [3.63, 3.8) is 0 Å². The molecule has 0 aliphatic carbocycles. The monoisotopic (exact) mass is 471 g/mol. The number of aromatic nitrogens is 3. The van der Waals surface area contributed by atoms with Crippen LogP contribution in [0.25, 0.3) is 11.3 Å². The van der Waals surface area contributed by atoms with E-state index in [1.807, 2.05) is 12.1 Å². The number of benzene rings is 1. The molecule has 3 heterocycles. The molecule has 0 saturated carbocycles. The number of halogens is 1. The molecule has 1 aliphatic heterocycles. The second-order valence-corrected chi connectivity index (χ2v) is 11.0. The third kappa shape index (κ3) is 4.73. The number of amides is 1. The van der Waals surface area contributed by atoms with Crippen molar-refractivity contribution in [2.75, 3.05) is 18.1 Å². The fourth-order valence-electron chi connectivity index (χ4n) is 3.57. The Morgan fingerprint density at radius 2 is 1.94 bits per heavy atom. The minimum Gasteiger partial charge on any atom is -0.351 e. The Labute approximate surface area is 191 Å². The number of anilines is 2. The summed E-state index contributed by atoms with van der Waals surface area (Å²) >= 11 is 6.39. The molecule has 0 unspecified atom stereocenters. The van der Waals surface area contributed by atoms with Gasteiger partial charge < -0.3 is 10.6 Å². The number of carbonyl (C=O) groups excluding carboxylic acids is 1. The van der Waals surface area contributed by atoms with Crippen molar-refractivity contribution >= 4 is 39.1 Å². The van der Waals surface area contributed by atoms with Gasteiger partial charge in [0.15, 0.2) is 9.84 Å². The Kier molecular flexibility index (Phi) is 5.64. The van der Waals surface area contributed by atoms with E-state index < -0.39 is 9.84 Å². The van der Waals surface area contributed by atoms with Gasteiger partial charge in [0.1, 0.15) is 5.82 Å². The van der Waals surface area contributed by atoms with Gasteiger partial charge in [0.05, 0.1) is 22.7 Å². The molecule has 3 aromatic rings. The van der Waals surface area contributed by atoms with Crippen LogP contribution in [0.1, 0.15) is 35.3 Å². The predicted octanol–water partition coefficient (Wildman–Crippen LogP) is 3.50. The molecule has 2 N–H and O–H groups in total. The van der Waals surface area contributed by atoms with E-state index in [9.17, 15) is 13.2 Å². The SMILES string of the molecule is CC1(C)CNC(=O)c2ccc(-c3nc(Nc4ccc(CS(C)(=O)=O)cn4)ncc3Cl)cc21. The fraction of sp³-hybridized carbons (Fsp3) is 0.273. The lowest BCUT2D eigenvalue weighted by atomic mass is 9.78. The van der Waals surface area contributed by atoms with Crippen LogP contribution in [-0.2, 0) is 21.0 Å². The number of carbonyl (C=O) groups is 1. The highest BCUT2D eigenvalue weighted by molar-refractivity contribution is 7.89. The molecular weight excluding hydrogens is 450 g/mol. The molecule has 1 aromatic carbocycles. The summed E-state index contributed by atoms with van der Waals surface area (Å²) in [6, 6.07) is 8.90. The number of sulfone groups is 1. The summed E-state index contributed by atoms with van der Waals surface area (Å²) in [7, 11) is -3.13. The van der Waals surface area contributed by atoms with Crippen molar-refractivity contribution in [1.29, 1.82) is 0 Å². The van der Waals surface area contributed by atoms with E-state index in [4.69, 9.17) is 11.6 Å². The molecule has 0 bridgehead atoms. The second kappa shape index (κ2) is 8.14. The highest BCUT2D eigenvalue weighted by atomic mass is 35.5. The lowest BCUT2D eigenvalue weighted by Gasteiger charge is -2.32. The Morgan fingerprint density at radius 1 is 1.16 bits per heavy atom. The molecule has 0 spiro atoms. The fourth-order valence-corrected chi connectivity index (χ4v) is 4.55. The van der Waals surface area contributed by atoms with Gasteiger partial charge in [-0.3, -0.25) is 4.79 Å². The first kappa shape index (κ1) is 22.2. The maximum atomic E-state index is 12.2. The summed E-state index contributed by atoms with van der Waals surface area (Å²) in [5.41, 5.74) is 3.26. The Bertz CT molecular complexity index is 1310. The van der Waals surface area contributed by atoms with Crippen LogP contribution in [0.15, 0.2) is 42.7 Å². The topological polar surface area (TPSA) is 114 Å². The van der Waals surface area contributed by atoms with Gasteiger partial charge in [0.25, 0.3) is 5.91 Å². The van der Waals surface area contributed by atoms with Crippen LogP contribution in [0, 0.1) is 0 Å². The molecule has 0 fully saturated rings. The molecule has 0 radical (unpaired) electrons. The summed E-state index contributed by atoms with van der Waals surface area (Å²) < 4.78 is 22.9. The van der Waals surface area contributed by atoms with Gasteiger partial charge >= 0.3 is 0 Å². The van der Waals surface area contributed by atoms with E-state index in [1.54, 1.807) is 18.2 Å². The molecule has 1 aliphatic rings. The number of pyridine rings is 1. The molecule has 166 valence electrons. The Hall–Kier alpha value is -3.04. The molecule has 32 heavy (non-hydrogen) atoms. The molecular formula is C22H22ClN5O3S. The van der Waals surface area contributed by atoms with Gasteiger partial charge in [-0.2, -0.15) is 0 Å². The van der Waals surface area contributed by atoms with Crippen LogP contribution < -0.4 is 10.6 Å². The molecule has 4 rings (SSSR count). The molecule has 10 heteroatoms. The number of fused-ring (bicyclic) bond motifs is 1. The molecule has 1 amide bonds. The highest BCUT2D eigenvalue weighted by Crippen LogP contribution is 2.35. The van der Waals surface area contributed by atoms with Gasteiger partial charge in [-0.1, -0.05) is 37.6 Å². The lowest BCUT2D eigenvalue weighted by molar-refractivity contribution is 0.0930. The quantitative estimate of drug-likeness (QED) is 0.585. The molecule has 0 atom stereocenters. The zero-order valence-corrected chi connectivity index (χ0v) is 19.4. The van der Waals surface area contributed by atoms with Crippen LogP contribution in [-0.4, -0.2) is 42.1 Å². The largest absolute Gasteiger partial charge is 0.351 e. The van der Waals surface area contributed by atoms with Gasteiger partial charge in [-0.05, 0) is 29.3 Å². The van der Waals surface area contributed by atoms with Gasteiger partial charge in [0, 0.05) is 35.5 Å². The number of hydrogen-bond donors (Lipinski definition) is 2. The molecule has 2 aromatic heterocycles. The minimum atomic E-state index is -3.13. The van der Waals surface area contributed by atoms with Crippen LogP contribution >= 0.6 is 11.6 Å².